The molecule has 4 rings (SSSR count). The number of hydrogen-bond acceptors (Lipinski definition) is 3. The number of carbonyl (C=O) groups excluding carboxylic acids is 1. The van der Waals surface area contributed by atoms with Gasteiger partial charge in [0.15, 0.2) is 12.4 Å². The van der Waals surface area contributed by atoms with Crippen molar-refractivity contribution in [2.45, 2.75) is 19.3 Å². The molecule has 1 heterocycles. The molecule has 1 aliphatic rings. The maximum Gasteiger partial charge on any atom is 0.263 e. The molecule has 0 spiro atoms. The number of rotatable bonds is 5. The topological polar surface area (TPSA) is 67.0 Å². The van der Waals surface area contributed by atoms with Gasteiger partial charge in [0.05, 0.1) is 5.69 Å². The van der Waals surface area contributed by atoms with Gasteiger partial charge in [-0.3, -0.25) is 9.89 Å². The van der Waals surface area contributed by atoms with Gasteiger partial charge in [0.2, 0.25) is 0 Å². The Hall–Kier alpha value is -3.08. The number of anilines is 1. The fourth-order valence-corrected chi connectivity index (χ4v) is 3.12. The Bertz CT molecular complexity index is 887. The van der Waals surface area contributed by atoms with Gasteiger partial charge >= 0.3 is 0 Å². The predicted octanol–water partition coefficient (Wildman–Crippen LogP) is 3.58. The van der Waals surface area contributed by atoms with Gasteiger partial charge in [0.1, 0.15) is 5.75 Å². The quantitative estimate of drug-likeness (QED) is 0.750. The van der Waals surface area contributed by atoms with E-state index in [2.05, 4.69) is 21.6 Å². The molecule has 2 aromatic carbocycles. The molecule has 2 N–H and O–H groups in total. The number of hydrogen-bond donors (Lipinski definition) is 2. The molecule has 25 heavy (non-hydrogen) atoms. The Morgan fingerprint density at radius 1 is 1.08 bits per heavy atom. The summed E-state index contributed by atoms with van der Waals surface area (Å²) in [6.07, 6.45) is 3.43. The molecule has 0 fully saturated rings. The minimum atomic E-state index is -0.230. The molecule has 126 valence electrons. The highest BCUT2D eigenvalue weighted by molar-refractivity contribution is 5.91. The zero-order valence-corrected chi connectivity index (χ0v) is 13.8. The Morgan fingerprint density at radius 2 is 1.92 bits per heavy atom. The summed E-state index contributed by atoms with van der Waals surface area (Å²) in [7, 11) is 0. The molecule has 1 amide bonds. The van der Waals surface area contributed by atoms with Crippen LogP contribution in [0.3, 0.4) is 0 Å². The van der Waals surface area contributed by atoms with Gasteiger partial charge in [-0.1, -0.05) is 36.4 Å². The van der Waals surface area contributed by atoms with E-state index < -0.39 is 0 Å². The first-order valence-electron chi connectivity index (χ1n) is 8.43. The normalized spacial score (nSPS) is 12.6. The van der Waals surface area contributed by atoms with Crippen LogP contribution >= 0.6 is 0 Å². The first-order chi connectivity index (χ1) is 12.3. The summed E-state index contributed by atoms with van der Waals surface area (Å²) in [4.78, 5) is 12.1. The molecular formula is C20H19N3O2. The number of H-pyrrole nitrogens is 1. The van der Waals surface area contributed by atoms with Crippen LogP contribution in [0, 0.1) is 0 Å². The van der Waals surface area contributed by atoms with Crippen molar-refractivity contribution in [1.82, 2.24) is 10.2 Å². The number of ether oxygens (including phenoxy) is 1. The minimum Gasteiger partial charge on any atom is -0.484 e. The monoisotopic (exact) mass is 333 g/mol. The number of carbonyl (C=O) groups is 1. The van der Waals surface area contributed by atoms with Crippen molar-refractivity contribution in [3.63, 3.8) is 0 Å². The van der Waals surface area contributed by atoms with Crippen molar-refractivity contribution in [3.05, 3.63) is 65.7 Å². The number of aromatic amines is 1. The highest BCUT2D eigenvalue weighted by Crippen LogP contribution is 2.26. The molecule has 0 radical (unpaired) electrons. The number of nitrogens with one attached hydrogen (secondary N) is 2. The van der Waals surface area contributed by atoms with Crippen LogP contribution < -0.4 is 10.1 Å². The number of amides is 1. The molecule has 5 heteroatoms. The number of aryl methyl sites for hydroxylation is 2. The lowest BCUT2D eigenvalue weighted by Gasteiger charge is -2.07. The van der Waals surface area contributed by atoms with Gasteiger partial charge in [-0.15, -0.1) is 0 Å². The highest BCUT2D eigenvalue weighted by Gasteiger charge is 2.12. The van der Waals surface area contributed by atoms with Gasteiger partial charge in [0, 0.05) is 6.07 Å². The lowest BCUT2D eigenvalue weighted by Crippen LogP contribution is -2.20. The van der Waals surface area contributed by atoms with Gasteiger partial charge in [-0.05, 0) is 48.1 Å². The maximum atomic E-state index is 12.1. The summed E-state index contributed by atoms with van der Waals surface area (Å²) in [5, 5.41) is 9.79. The van der Waals surface area contributed by atoms with Crippen molar-refractivity contribution < 1.29 is 9.53 Å². The third-order valence-electron chi connectivity index (χ3n) is 4.37. The fraction of sp³-hybridized carbons (Fsp3) is 0.200. The number of nitrogens with zero attached hydrogens (tertiary/aromatic N) is 1. The summed E-state index contributed by atoms with van der Waals surface area (Å²) in [5.41, 5.74) is 4.60. The molecular weight excluding hydrogens is 314 g/mol. The van der Waals surface area contributed by atoms with E-state index in [-0.39, 0.29) is 12.5 Å². The Kier molecular flexibility index (Phi) is 4.21. The zero-order chi connectivity index (χ0) is 17.1. The number of aromatic nitrogens is 2. The number of benzene rings is 2. The second kappa shape index (κ2) is 6.81. The third-order valence-corrected chi connectivity index (χ3v) is 4.37. The summed E-state index contributed by atoms with van der Waals surface area (Å²) >= 11 is 0. The molecule has 0 bridgehead atoms. The highest BCUT2D eigenvalue weighted by atomic mass is 16.5. The summed E-state index contributed by atoms with van der Waals surface area (Å²) < 4.78 is 5.61. The second-order valence-electron chi connectivity index (χ2n) is 6.15. The molecule has 5 nitrogen and oxygen atoms in total. The van der Waals surface area contributed by atoms with Crippen molar-refractivity contribution in [2.24, 2.45) is 0 Å². The van der Waals surface area contributed by atoms with Crippen LogP contribution in [0.1, 0.15) is 17.5 Å². The molecule has 3 aromatic rings. The van der Waals surface area contributed by atoms with Crippen molar-refractivity contribution in [3.8, 4) is 17.0 Å². The maximum absolute atomic E-state index is 12.1. The minimum absolute atomic E-state index is 0.0354. The molecule has 1 aromatic heterocycles. The van der Waals surface area contributed by atoms with Crippen LogP contribution in [0.15, 0.2) is 54.6 Å². The first-order valence-corrected chi connectivity index (χ1v) is 8.43. The molecule has 0 unspecified atom stereocenters. The third kappa shape index (κ3) is 3.55. The van der Waals surface area contributed by atoms with E-state index in [1.54, 1.807) is 0 Å². The Balaban J connectivity index is 1.34. The Morgan fingerprint density at radius 3 is 2.80 bits per heavy atom. The molecule has 1 aliphatic carbocycles. The van der Waals surface area contributed by atoms with E-state index in [1.807, 2.05) is 48.5 Å². The Labute approximate surface area is 146 Å². The predicted molar refractivity (Wildman–Crippen MR) is 96.6 cm³/mol. The van der Waals surface area contributed by atoms with Crippen molar-refractivity contribution in [1.29, 1.82) is 0 Å². The summed E-state index contributed by atoms with van der Waals surface area (Å²) in [5.74, 6) is 0.996. The van der Waals surface area contributed by atoms with Crippen LogP contribution in [0.4, 0.5) is 5.82 Å². The van der Waals surface area contributed by atoms with E-state index in [0.29, 0.717) is 5.82 Å². The average molecular weight is 333 g/mol. The van der Waals surface area contributed by atoms with Gasteiger partial charge in [-0.25, -0.2) is 0 Å². The van der Waals surface area contributed by atoms with E-state index >= 15 is 0 Å². The zero-order valence-electron chi connectivity index (χ0n) is 13.8. The van der Waals surface area contributed by atoms with Crippen LogP contribution in [-0.4, -0.2) is 22.7 Å². The lowest BCUT2D eigenvalue weighted by molar-refractivity contribution is -0.118. The van der Waals surface area contributed by atoms with E-state index in [0.717, 1.165) is 29.8 Å². The van der Waals surface area contributed by atoms with Crippen LogP contribution in [0.5, 0.6) is 5.75 Å². The lowest BCUT2D eigenvalue weighted by atomic mass is 10.1. The average Bonchev–Trinajstić information content (AvgIpc) is 3.29. The van der Waals surface area contributed by atoms with E-state index in [1.165, 1.54) is 17.5 Å². The van der Waals surface area contributed by atoms with Crippen molar-refractivity contribution >= 4 is 11.7 Å². The first kappa shape index (κ1) is 15.4. The fourth-order valence-electron chi connectivity index (χ4n) is 3.12. The standard InChI is InChI=1S/C20H19N3O2/c24-20(13-25-17-10-9-14-7-4-8-16(14)11-17)21-19-12-18(22-23-19)15-5-2-1-3-6-15/h1-3,5-6,9-12H,4,7-8,13H2,(H2,21,22,23,24). The molecule has 0 atom stereocenters. The molecule has 0 aliphatic heterocycles. The molecule has 0 saturated carbocycles. The summed E-state index contributed by atoms with van der Waals surface area (Å²) in [6, 6.07) is 17.7. The van der Waals surface area contributed by atoms with Crippen LogP contribution in [0.2, 0.25) is 0 Å². The number of fused-ring (bicyclic) bond motifs is 1. The van der Waals surface area contributed by atoms with Gasteiger partial charge in [-0.2, -0.15) is 5.10 Å². The van der Waals surface area contributed by atoms with E-state index in [4.69, 9.17) is 4.74 Å². The molecule has 0 saturated heterocycles. The second-order valence-corrected chi connectivity index (χ2v) is 6.15. The summed E-state index contributed by atoms with van der Waals surface area (Å²) in [6.45, 7) is -0.0354. The van der Waals surface area contributed by atoms with Gasteiger partial charge in [0.25, 0.3) is 5.91 Å². The largest absolute Gasteiger partial charge is 0.484 e. The van der Waals surface area contributed by atoms with Gasteiger partial charge < -0.3 is 10.1 Å². The smallest absolute Gasteiger partial charge is 0.263 e. The van der Waals surface area contributed by atoms with Crippen LogP contribution in [0.25, 0.3) is 11.3 Å². The SMILES string of the molecule is O=C(COc1ccc2c(c1)CCC2)Nc1cc(-c2ccccc2)[nH]n1. The van der Waals surface area contributed by atoms with Crippen LogP contribution in [-0.2, 0) is 17.6 Å². The van der Waals surface area contributed by atoms with E-state index in [9.17, 15) is 4.79 Å². The van der Waals surface area contributed by atoms with Crippen molar-refractivity contribution in [2.75, 3.05) is 11.9 Å².